The predicted molar refractivity (Wildman–Crippen MR) is 110 cm³/mol. The van der Waals surface area contributed by atoms with Gasteiger partial charge in [-0.3, -0.25) is 4.79 Å². The Kier molecular flexibility index (Phi) is 3.44. The first-order valence-corrected chi connectivity index (χ1v) is 8.87. The predicted octanol–water partition coefficient (Wildman–Crippen LogP) is 5.05. The lowest BCUT2D eigenvalue weighted by Crippen LogP contribution is -2.09. The van der Waals surface area contributed by atoms with Crippen molar-refractivity contribution in [1.29, 1.82) is 0 Å². The summed E-state index contributed by atoms with van der Waals surface area (Å²) in [7, 11) is 0. The van der Waals surface area contributed by atoms with Crippen LogP contribution in [0.1, 0.15) is 5.56 Å². The van der Waals surface area contributed by atoms with Crippen molar-refractivity contribution in [3.05, 3.63) is 88.7 Å². The van der Waals surface area contributed by atoms with Gasteiger partial charge in [0.25, 0.3) is 5.56 Å². The summed E-state index contributed by atoms with van der Waals surface area (Å²) in [6, 6.07) is 24.0. The zero-order valence-electron chi connectivity index (χ0n) is 14.8. The number of rotatable bonds is 2. The zero-order chi connectivity index (χ0) is 18.4. The summed E-state index contributed by atoms with van der Waals surface area (Å²) < 4.78 is 0. The highest BCUT2D eigenvalue weighted by atomic mass is 16.1. The minimum Gasteiger partial charge on any atom is -0.354 e. The van der Waals surface area contributed by atoms with Crippen LogP contribution in [0, 0.1) is 6.92 Å². The monoisotopic (exact) mass is 351 g/mol. The number of nitrogens with one attached hydrogen (secondary N) is 2. The van der Waals surface area contributed by atoms with Gasteiger partial charge in [0.05, 0.1) is 16.4 Å². The van der Waals surface area contributed by atoms with E-state index in [0.717, 1.165) is 27.7 Å². The molecule has 2 heterocycles. The van der Waals surface area contributed by atoms with Gasteiger partial charge in [0.15, 0.2) is 0 Å². The third-order valence-corrected chi connectivity index (χ3v) is 4.89. The van der Waals surface area contributed by atoms with Crippen molar-refractivity contribution in [3.8, 4) is 22.6 Å². The molecule has 4 nitrogen and oxygen atoms in total. The van der Waals surface area contributed by atoms with Crippen LogP contribution in [0.5, 0.6) is 0 Å². The lowest BCUT2D eigenvalue weighted by Gasteiger charge is -2.05. The van der Waals surface area contributed by atoms with E-state index in [1.54, 1.807) is 6.07 Å². The molecule has 0 aliphatic carbocycles. The molecule has 0 saturated heterocycles. The van der Waals surface area contributed by atoms with E-state index in [2.05, 4.69) is 58.3 Å². The van der Waals surface area contributed by atoms with Crippen molar-refractivity contribution >= 4 is 21.8 Å². The molecular weight excluding hydrogens is 334 g/mol. The Labute approximate surface area is 155 Å². The average Bonchev–Trinajstić information content (AvgIpc) is 3.13. The fraction of sp³-hybridized carbons (Fsp3) is 0.0435. The molecule has 4 heteroatoms. The van der Waals surface area contributed by atoms with Crippen molar-refractivity contribution in [1.82, 2.24) is 15.0 Å². The van der Waals surface area contributed by atoms with E-state index < -0.39 is 0 Å². The Balaban J connectivity index is 1.72. The molecule has 0 unspecified atom stereocenters. The summed E-state index contributed by atoms with van der Waals surface area (Å²) in [5.74, 6) is 0.571. The van der Waals surface area contributed by atoms with Crippen LogP contribution in [0.3, 0.4) is 0 Å². The first-order valence-electron chi connectivity index (χ1n) is 8.87. The molecule has 2 aromatic heterocycles. The molecule has 0 bridgehead atoms. The number of nitrogens with zero attached hydrogens (tertiary/aromatic N) is 1. The highest BCUT2D eigenvalue weighted by Crippen LogP contribution is 2.30. The summed E-state index contributed by atoms with van der Waals surface area (Å²) in [6.07, 6.45) is 0. The molecule has 0 amide bonds. The average molecular weight is 351 g/mol. The SMILES string of the molecule is Cc1ccc(-c2cc3cccc(-c4nc5ccccc5c(=O)[nH]4)c3[nH]2)cc1. The third kappa shape index (κ3) is 2.62. The standard InChI is InChI=1S/C23H17N3O/c1-14-9-11-15(12-10-14)20-13-16-5-4-7-18(21(16)24-20)22-25-19-8-3-2-6-17(19)23(27)26-22/h2-13,24H,1H3,(H,25,26,27). The van der Waals surface area contributed by atoms with Gasteiger partial charge in [-0.15, -0.1) is 0 Å². The highest BCUT2D eigenvalue weighted by Gasteiger charge is 2.12. The fourth-order valence-electron chi connectivity index (χ4n) is 3.46. The lowest BCUT2D eigenvalue weighted by molar-refractivity contribution is 1.18. The Morgan fingerprint density at radius 3 is 2.52 bits per heavy atom. The molecule has 0 aliphatic rings. The molecule has 0 fully saturated rings. The second-order valence-electron chi connectivity index (χ2n) is 6.75. The summed E-state index contributed by atoms with van der Waals surface area (Å²) >= 11 is 0. The fourth-order valence-corrected chi connectivity index (χ4v) is 3.46. The summed E-state index contributed by atoms with van der Waals surface area (Å²) in [5.41, 5.74) is 5.81. The molecule has 0 spiro atoms. The van der Waals surface area contributed by atoms with Gasteiger partial charge in [-0.25, -0.2) is 4.98 Å². The molecular formula is C23H17N3O. The quantitative estimate of drug-likeness (QED) is 0.468. The smallest absolute Gasteiger partial charge is 0.259 e. The van der Waals surface area contributed by atoms with Gasteiger partial charge in [0.1, 0.15) is 5.82 Å². The van der Waals surface area contributed by atoms with E-state index in [0.29, 0.717) is 16.7 Å². The molecule has 3 aromatic carbocycles. The normalized spacial score (nSPS) is 11.3. The number of hydrogen-bond acceptors (Lipinski definition) is 2. The van der Waals surface area contributed by atoms with Crippen LogP contribution in [0.4, 0.5) is 0 Å². The molecule has 0 aliphatic heterocycles. The number of aryl methyl sites for hydroxylation is 1. The first-order chi connectivity index (χ1) is 13.2. The number of para-hydroxylation sites is 2. The number of aromatic amines is 2. The van der Waals surface area contributed by atoms with Crippen LogP contribution < -0.4 is 5.56 Å². The first kappa shape index (κ1) is 15.6. The van der Waals surface area contributed by atoms with E-state index in [-0.39, 0.29) is 5.56 Å². The Bertz CT molecular complexity index is 1340. The molecule has 5 rings (SSSR count). The van der Waals surface area contributed by atoms with Gasteiger partial charge < -0.3 is 9.97 Å². The highest BCUT2D eigenvalue weighted by molar-refractivity contribution is 5.96. The molecule has 130 valence electrons. The number of H-pyrrole nitrogens is 2. The van der Waals surface area contributed by atoms with Gasteiger partial charge in [-0.2, -0.15) is 0 Å². The van der Waals surface area contributed by atoms with E-state index in [4.69, 9.17) is 0 Å². The minimum atomic E-state index is -0.127. The van der Waals surface area contributed by atoms with Gasteiger partial charge >= 0.3 is 0 Å². The van der Waals surface area contributed by atoms with Crippen LogP contribution in [0.15, 0.2) is 77.6 Å². The number of benzene rings is 3. The summed E-state index contributed by atoms with van der Waals surface area (Å²) in [6.45, 7) is 2.08. The summed E-state index contributed by atoms with van der Waals surface area (Å²) in [5, 5.41) is 1.68. The molecule has 0 radical (unpaired) electrons. The van der Waals surface area contributed by atoms with Crippen LogP contribution in [-0.2, 0) is 0 Å². The number of fused-ring (bicyclic) bond motifs is 2. The van der Waals surface area contributed by atoms with Gasteiger partial charge in [0.2, 0.25) is 0 Å². The van der Waals surface area contributed by atoms with Crippen molar-refractivity contribution < 1.29 is 0 Å². The number of hydrogen-bond donors (Lipinski definition) is 2. The molecule has 27 heavy (non-hydrogen) atoms. The minimum absolute atomic E-state index is 0.127. The Morgan fingerprint density at radius 2 is 1.67 bits per heavy atom. The van der Waals surface area contributed by atoms with Gasteiger partial charge in [0, 0.05) is 16.6 Å². The van der Waals surface area contributed by atoms with Gasteiger partial charge in [-0.1, -0.05) is 54.1 Å². The zero-order valence-corrected chi connectivity index (χ0v) is 14.8. The van der Waals surface area contributed by atoms with Crippen molar-refractivity contribution in [2.75, 3.05) is 0 Å². The Morgan fingerprint density at radius 1 is 0.852 bits per heavy atom. The molecule has 5 aromatic rings. The maximum Gasteiger partial charge on any atom is 0.259 e. The summed E-state index contributed by atoms with van der Waals surface area (Å²) in [4.78, 5) is 23.6. The van der Waals surface area contributed by atoms with Crippen LogP contribution in [0.25, 0.3) is 44.5 Å². The van der Waals surface area contributed by atoms with E-state index in [9.17, 15) is 4.79 Å². The van der Waals surface area contributed by atoms with E-state index in [1.807, 2.05) is 30.3 Å². The van der Waals surface area contributed by atoms with E-state index >= 15 is 0 Å². The topological polar surface area (TPSA) is 61.5 Å². The maximum absolute atomic E-state index is 12.5. The molecule has 0 atom stereocenters. The van der Waals surface area contributed by atoms with Crippen LogP contribution >= 0.6 is 0 Å². The third-order valence-electron chi connectivity index (χ3n) is 4.89. The lowest BCUT2D eigenvalue weighted by atomic mass is 10.1. The second-order valence-corrected chi connectivity index (χ2v) is 6.75. The van der Waals surface area contributed by atoms with Crippen LogP contribution in [0.2, 0.25) is 0 Å². The second kappa shape index (κ2) is 5.95. The van der Waals surface area contributed by atoms with Crippen molar-refractivity contribution in [2.24, 2.45) is 0 Å². The van der Waals surface area contributed by atoms with E-state index in [1.165, 1.54) is 5.56 Å². The van der Waals surface area contributed by atoms with Gasteiger partial charge in [-0.05, 0) is 36.8 Å². The maximum atomic E-state index is 12.5. The van der Waals surface area contributed by atoms with Crippen molar-refractivity contribution in [3.63, 3.8) is 0 Å². The number of aromatic nitrogens is 3. The molecule has 2 N–H and O–H groups in total. The largest absolute Gasteiger partial charge is 0.354 e. The van der Waals surface area contributed by atoms with Crippen LogP contribution in [-0.4, -0.2) is 15.0 Å². The van der Waals surface area contributed by atoms with Crippen molar-refractivity contribution in [2.45, 2.75) is 6.92 Å². The Hall–Kier alpha value is -3.66. The molecule has 0 saturated carbocycles.